The van der Waals surface area contributed by atoms with Gasteiger partial charge in [-0.2, -0.15) is 0 Å². The van der Waals surface area contributed by atoms with Crippen molar-refractivity contribution in [1.29, 1.82) is 0 Å². The molecule has 3 aromatic carbocycles. The van der Waals surface area contributed by atoms with Crippen LogP contribution in [0.3, 0.4) is 0 Å². The molecule has 0 saturated carbocycles. The molecule has 5 aromatic rings. The standard InChI is InChI=1S/C28H23FN4O4S/c1-35-23-14-11-21(16-25(23)36-2)30-27(34)19-7-5-18(6-8-19)17-38-28-32-31-26(24-4-3-15-37-24)33(28)22-12-9-20(29)10-13-22/h3-16H,17H2,1-2H3,(H,30,34). The van der Waals surface area contributed by atoms with E-state index in [4.69, 9.17) is 13.9 Å². The minimum absolute atomic E-state index is 0.240. The van der Waals surface area contributed by atoms with E-state index in [0.717, 1.165) is 5.56 Å². The molecule has 0 fully saturated rings. The van der Waals surface area contributed by atoms with Crippen molar-refractivity contribution in [1.82, 2.24) is 14.8 Å². The first-order chi connectivity index (χ1) is 18.6. The van der Waals surface area contributed by atoms with E-state index < -0.39 is 0 Å². The molecule has 1 N–H and O–H groups in total. The molecule has 1 amide bonds. The van der Waals surface area contributed by atoms with Crippen molar-refractivity contribution in [3.8, 4) is 28.8 Å². The molecular weight excluding hydrogens is 507 g/mol. The third-order valence-corrected chi connectivity index (χ3v) is 6.69. The molecule has 0 aliphatic carbocycles. The molecule has 0 aliphatic heterocycles. The summed E-state index contributed by atoms with van der Waals surface area (Å²) in [6.45, 7) is 0. The summed E-state index contributed by atoms with van der Waals surface area (Å²) in [4.78, 5) is 12.8. The maximum atomic E-state index is 13.5. The predicted molar refractivity (Wildman–Crippen MR) is 143 cm³/mol. The maximum Gasteiger partial charge on any atom is 0.255 e. The number of amides is 1. The van der Waals surface area contributed by atoms with Crippen molar-refractivity contribution >= 4 is 23.4 Å². The highest BCUT2D eigenvalue weighted by molar-refractivity contribution is 7.98. The zero-order valence-corrected chi connectivity index (χ0v) is 21.4. The lowest BCUT2D eigenvalue weighted by Gasteiger charge is -2.11. The van der Waals surface area contributed by atoms with Gasteiger partial charge in [0.2, 0.25) is 5.82 Å². The van der Waals surface area contributed by atoms with Gasteiger partial charge in [0.25, 0.3) is 5.91 Å². The Morgan fingerprint density at radius 1 is 0.974 bits per heavy atom. The molecule has 10 heteroatoms. The summed E-state index contributed by atoms with van der Waals surface area (Å²) in [7, 11) is 3.10. The molecule has 38 heavy (non-hydrogen) atoms. The number of carbonyl (C=O) groups is 1. The monoisotopic (exact) mass is 530 g/mol. The van der Waals surface area contributed by atoms with Crippen LogP contribution in [0.5, 0.6) is 11.5 Å². The fourth-order valence-corrected chi connectivity index (χ4v) is 4.68. The number of hydrogen-bond donors (Lipinski definition) is 1. The Bertz CT molecular complexity index is 1530. The lowest BCUT2D eigenvalue weighted by molar-refractivity contribution is 0.102. The van der Waals surface area contributed by atoms with Crippen molar-refractivity contribution in [2.24, 2.45) is 0 Å². The Balaban J connectivity index is 1.30. The Labute approximate surface area is 222 Å². The van der Waals surface area contributed by atoms with Crippen LogP contribution in [-0.2, 0) is 5.75 Å². The van der Waals surface area contributed by atoms with E-state index in [2.05, 4.69) is 15.5 Å². The minimum Gasteiger partial charge on any atom is -0.493 e. The van der Waals surface area contributed by atoms with Gasteiger partial charge in [0, 0.05) is 23.1 Å². The topological polar surface area (TPSA) is 91.4 Å². The first-order valence-electron chi connectivity index (χ1n) is 11.6. The summed E-state index contributed by atoms with van der Waals surface area (Å²) < 4.78 is 31.4. The second-order valence-corrected chi connectivity index (χ2v) is 9.05. The summed E-state index contributed by atoms with van der Waals surface area (Å²) in [5.41, 5.74) is 2.82. The molecule has 0 unspecified atom stereocenters. The van der Waals surface area contributed by atoms with E-state index in [1.54, 1.807) is 75.1 Å². The fraction of sp³-hybridized carbons (Fsp3) is 0.107. The molecule has 8 nitrogen and oxygen atoms in total. The molecule has 2 heterocycles. The van der Waals surface area contributed by atoms with Crippen LogP contribution in [0.1, 0.15) is 15.9 Å². The number of methoxy groups -OCH3 is 2. The van der Waals surface area contributed by atoms with E-state index in [1.165, 1.54) is 23.9 Å². The molecule has 0 spiro atoms. The van der Waals surface area contributed by atoms with E-state index in [0.29, 0.717) is 50.9 Å². The van der Waals surface area contributed by atoms with E-state index in [9.17, 15) is 9.18 Å². The first-order valence-corrected chi connectivity index (χ1v) is 12.5. The number of ether oxygens (including phenoxy) is 2. The van der Waals surface area contributed by atoms with E-state index in [-0.39, 0.29) is 11.7 Å². The van der Waals surface area contributed by atoms with Crippen molar-refractivity contribution in [2.45, 2.75) is 10.9 Å². The van der Waals surface area contributed by atoms with Crippen LogP contribution < -0.4 is 14.8 Å². The van der Waals surface area contributed by atoms with Gasteiger partial charge in [-0.05, 0) is 66.2 Å². The van der Waals surface area contributed by atoms with Gasteiger partial charge in [-0.1, -0.05) is 23.9 Å². The average molecular weight is 531 g/mol. The number of thioether (sulfide) groups is 1. The Hall–Kier alpha value is -4.57. The molecule has 0 bridgehead atoms. The Morgan fingerprint density at radius 3 is 2.42 bits per heavy atom. The molecule has 0 radical (unpaired) electrons. The van der Waals surface area contributed by atoms with Crippen LogP contribution >= 0.6 is 11.8 Å². The molecule has 0 saturated heterocycles. The number of rotatable bonds is 9. The zero-order chi connectivity index (χ0) is 26.5. The Kier molecular flexibility index (Phi) is 7.41. The number of carbonyl (C=O) groups excluding carboxylic acids is 1. The van der Waals surface area contributed by atoms with Crippen LogP contribution in [0.25, 0.3) is 17.3 Å². The summed E-state index contributed by atoms with van der Waals surface area (Å²) >= 11 is 1.47. The van der Waals surface area contributed by atoms with Crippen LogP contribution in [-0.4, -0.2) is 34.9 Å². The van der Waals surface area contributed by atoms with Gasteiger partial charge in [-0.3, -0.25) is 9.36 Å². The largest absolute Gasteiger partial charge is 0.493 e. The summed E-state index contributed by atoms with van der Waals surface area (Å²) in [6.07, 6.45) is 1.56. The number of hydrogen-bond acceptors (Lipinski definition) is 7. The number of benzene rings is 3. The van der Waals surface area contributed by atoms with Gasteiger partial charge in [-0.15, -0.1) is 10.2 Å². The summed E-state index contributed by atoms with van der Waals surface area (Å²) in [5, 5.41) is 12.1. The second kappa shape index (κ2) is 11.2. The molecule has 192 valence electrons. The predicted octanol–water partition coefficient (Wildman–Crippen LogP) is 6.23. The lowest BCUT2D eigenvalue weighted by Crippen LogP contribution is -2.12. The minimum atomic E-state index is -0.328. The molecule has 5 rings (SSSR count). The highest BCUT2D eigenvalue weighted by Gasteiger charge is 2.18. The SMILES string of the molecule is COc1ccc(NC(=O)c2ccc(CSc3nnc(-c4ccco4)n3-c3ccc(F)cc3)cc2)cc1OC. The van der Waals surface area contributed by atoms with Gasteiger partial charge in [0.05, 0.1) is 26.2 Å². The third-order valence-electron chi connectivity index (χ3n) is 5.69. The summed E-state index contributed by atoms with van der Waals surface area (Å²) in [5.74, 6) is 2.20. The third kappa shape index (κ3) is 5.40. The van der Waals surface area contributed by atoms with Crippen LogP contribution in [0.15, 0.2) is 94.7 Å². The number of halogens is 1. The highest BCUT2D eigenvalue weighted by Crippen LogP contribution is 2.31. The van der Waals surface area contributed by atoms with E-state index >= 15 is 0 Å². The first kappa shape index (κ1) is 25.1. The number of nitrogens with zero attached hydrogens (tertiary/aromatic N) is 3. The number of furan rings is 1. The average Bonchev–Trinajstić information content (AvgIpc) is 3.63. The van der Waals surface area contributed by atoms with Crippen molar-refractivity contribution in [3.05, 3.63) is 102 Å². The molecule has 2 aromatic heterocycles. The van der Waals surface area contributed by atoms with E-state index in [1.807, 2.05) is 16.7 Å². The quantitative estimate of drug-likeness (QED) is 0.226. The highest BCUT2D eigenvalue weighted by atomic mass is 32.2. The van der Waals surface area contributed by atoms with Gasteiger partial charge >= 0.3 is 0 Å². The molecular formula is C28H23FN4O4S. The smallest absolute Gasteiger partial charge is 0.255 e. The summed E-state index contributed by atoms with van der Waals surface area (Å²) in [6, 6.07) is 22.2. The van der Waals surface area contributed by atoms with Gasteiger partial charge in [0.1, 0.15) is 5.82 Å². The number of anilines is 1. The normalized spacial score (nSPS) is 10.8. The lowest BCUT2D eigenvalue weighted by atomic mass is 10.1. The zero-order valence-electron chi connectivity index (χ0n) is 20.6. The van der Waals surface area contributed by atoms with Crippen LogP contribution in [0.2, 0.25) is 0 Å². The van der Waals surface area contributed by atoms with Gasteiger partial charge in [0.15, 0.2) is 22.4 Å². The molecule has 0 aliphatic rings. The van der Waals surface area contributed by atoms with Crippen molar-refractivity contribution < 1.29 is 23.1 Å². The van der Waals surface area contributed by atoms with Gasteiger partial charge in [-0.25, -0.2) is 4.39 Å². The van der Waals surface area contributed by atoms with Gasteiger partial charge < -0.3 is 19.2 Å². The van der Waals surface area contributed by atoms with Crippen LogP contribution in [0.4, 0.5) is 10.1 Å². The van der Waals surface area contributed by atoms with Crippen LogP contribution in [0, 0.1) is 5.82 Å². The molecule has 0 atom stereocenters. The Morgan fingerprint density at radius 2 is 1.74 bits per heavy atom. The van der Waals surface area contributed by atoms with Crippen molar-refractivity contribution in [3.63, 3.8) is 0 Å². The maximum absolute atomic E-state index is 13.5. The van der Waals surface area contributed by atoms with Crippen molar-refractivity contribution in [2.75, 3.05) is 19.5 Å². The number of aromatic nitrogens is 3. The fourth-order valence-electron chi connectivity index (χ4n) is 3.77. The second-order valence-electron chi connectivity index (χ2n) is 8.10. The number of nitrogens with one attached hydrogen (secondary N) is 1.